The second kappa shape index (κ2) is 14.5. The van der Waals surface area contributed by atoms with Crippen LogP contribution < -0.4 is 10.6 Å². The Kier molecular flexibility index (Phi) is 12.4. The fraction of sp³-hybridized carbons (Fsp3) is 0.913. The highest BCUT2D eigenvalue weighted by Gasteiger charge is 2.32. The molecule has 30 heavy (non-hydrogen) atoms. The van der Waals surface area contributed by atoms with Crippen LogP contribution in [0.4, 0.5) is 0 Å². The molecule has 0 radical (unpaired) electrons. The number of nitrogens with zero attached hydrogens (tertiary/aromatic N) is 2. The molecule has 0 bridgehead atoms. The third-order valence-corrected chi connectivity index (χ3v) is 6.79. The molecule has 1 atom stereocenters. The third-order valence-electron chi connectivity index (χ3n) is 6.79. The minimum atomic E-state index is 0. The summed E-state index contributed by atoms with van der Waals surface area (Å²) in [5.74, 6) is 1.53. The Morgan fingerprint density at radius 3 is 2.47 bits per heavy atom. The molecule has 1 saturated heterocycles. The summed E-state index contributed by atoms with van der Waals surface area (Å²) in [5.41, 5.74) is 0. The molecule has 6 nitrogen and oxygen atoms in total. The summed E-state index contributed by atoms with van der Waals surface area (Å²) in [7, 11) is 1.82. The first-order valence-corrected chi connectivity index (χ1v) is 12.1. The summed E-state index contributed by atoms with van der Waals surface area (Å²) >= 11 is 0. The van der Waals surface area contributed by atoms with Crippen molar-refractivity contribution in [2.24, 2.45) is 10.9 Å². The number of likely N-dealkylation sites (tertiary alicyclic amines) is 1. The van der Waals surface area contributed by atoms with Gasteiger partial charge in [0.05, 0.1) is 6.10 Å². The van der Waals surface area contributed by atoms with Crippen LogP contribution in [0.15, 0.2) is 4.99 Å². The van der Waals surface area contributed by atoms with Crippen LogP contribution in [0.1, 0.15) is 83.5 Å². The summed E-state index contributed by atoms with van der Waals surface area (Å²) in [6.07, 6.45) is 16.2. The summed E-state index contributed by atoms with van der Waals surface area (Å²) < 4.78 is 6.00. The van der Waals surface area contributed by atoms with Crippen LogP contribution in [-0.4, -0.2) is 62.2 Å². The average Bonchev–Trinajstić information content (AvgIpc) is 3.45. The van der Waals surface area contributed by atoms with Crippen molar-refractivity contribution in [3.05, 3.63) is 0 Å². The van der Waals surface area contributed by atoms with Crippen LogP contribution in [-0.2, 0) is 9.53 Å². The largest absolute Gasteiger partial charge is 0.378 e. The summed E-state index contributed by atoms with van der Waals surface area (Å²) in [6.45, 7) is 3.53. The number of hydrogen-bond donors (Lipinski definition) is 2. The lowest BCUT2D eigenvalue weighted by Gasteiger charge is -2.22. The number of hydrogen-bond acceptors (Lipinski definition) is 3. The van der Waals surface area contributed by atoms with Crippen molar-refractivity contribution in [1.29, 1.82) is 0 Å². The molecule has 174 valence electrons. The van der Waals surface area contributed by atoms with E-state index >= 15 is 0 Å². The molecule has 0 aromatic heterocycles. The number of nitrogens with one attached hydrogen (secondary N) is 2. The highest BCUT2D eigenvalue weighted by atomic mass is 127. The summed E-state index contributed by atoms with van der Waals surface area (Å²) in [4.78, 5) is 19.0. The van der Waals surface area contributed by atoms with Crippen LogP contribution in [0.25, 0.3) is 0 Å². The molecule has 0 aromatic rings. The Hall–Kier alpha value is -0.570. The molecule has 3 rings (SSSR count). The molecule has 1 heterocycles. The van der Waals surface area contributed by atoms with E-state index in [1.54, 1.807) is 0 Å². The maximum atomic E-state index is 12.6. The second-order valence-corrected chi connectivity index (χ2v) is 9.09. The normalized spacial score (nSPS) is 23.4. The summed E-state index contributed by atoms with van der Waals surface area (Å²) in [5, 5.41) is 6.94. The van der Waals surface area contributed by atoms with Crippen LogP contribution in [0.2, 0.25) is 0 Å². The van der Waals surface area contributed by atoms with Gasteiger partial charge >= 0.3 is 0 Å². The van der Waals surface area contributed by atoms with Gasteiger partial charge in [0.15, 0.2) is 5.96 Å². The predicted molar refractivity (Wildman–Crippen MR) is 134 cm³/mol. The van der Waals surface area contributed by atoms with Crippen molar-refractivity contribution in [2.45, 2.75) is 95.6 Å². The molecular weight excluding hydrogens is 491 g/mol. The minimum absolute atomic E-state index is 0. The van der Waals surface area contributed by atoms with Gasteiger partial charge in [-0.15, -0.1) is 24.0 Å². The lowest BCUT2D eigenvalue weighted by atomic mass is 9.98. The highest BCUT2D eigenvalue weighted by molar-refractivity contribution is 14.0. The van der Waals surface area contributed by atoms with Gasteiger partial charge < -0.3 is 20.3 Å². The number of unbranched alkanes of at least 4 members (excludes halogenated alkanes) is 2. The SMILES string of the molecule is CN=C(NCCCCCOC1CCCCC1)NC1CCN(C(=O)C2CCCC2)C1.I. The van der Waals surface area contributed by atoms with Crippen molar-refractivity contribution >= 4 is 35.8 Å². The van der Waals surface area contributed by atoms with Crippen molar-refractivity contribution < 1.29 is 9.53 Å². The zero-order valence-corrected chi connectivity index (χ0v) is 21.2. The van der Waals surface area contributed by atoms with E-state index in [1.807, 2.05) is 7.05 Å². The maximum absolute atomic E-state index is 12.6. The molecular formula is C23H43IN4O2. The van der Waals surface area contributed by atoms with E-state index in [4.69, 9.17) is 4.74 Å². The van der Waals surface area contributed by atoms with Gasteiger partial charge in [-0.2, -0.15) is 0 Å². The number of amides is 1. The van der Waals surface area contributed by atoms with E-state index in [9.17, 15) is 4.79 Å². The molecule has 1 unspecified atom stereocenters. The lowest BCUT2D eigenvalue weighted by molar-refractivity contribution is -0.134. The topological polar surface area (TPSA) is 66.0 Å². The molecule has 0 spiro atoms. The molecule has 0 aromatic carbocycles. The van der Waals surface area contributed by atoms with Gasteiger partial charge in [-0.25, -0.2) is 0 Å². The fourth-order valence-electron chi connectivity index (χ4n) is 4.99. The van der Waals surface area contributed by atoms with Crippen LogP contribution >= 0.6 is 24.0 Å². The second-order valence-electron chi connectivity index (χ2n) is 9.09. The van der Waals surface area contributed by atoms with Gasteiger partial charge in [0.2, 0.25) is 5.91 Å². The van der Waals surface area contributed by atoms with Gasteiger partial charge in [-0.1, -0.05) is 32.1 Å². The summed E-state index contributed by atoms with van der Waals surface area (Å²) in [6, 6.07) is 0.315. The van der Waals surface area contributed by atoms with E-state index in [0.29, 0.717) is 18.1 Å². The number of carbonyl (C=O) groups excluding carboxylic acids is 1. The van der Waals surface area contributed by atoms with E-state index in [0.717, 1.165) is 64.3 Å². The molecule has 2 aliphatic carbocycles. The Morgan fingerprint density at radius 2 is 1.73 bits per heavy atom. The standard InChI is InChI=1S/C23H42N4O2.HI/c1-24-23(25-15-8-3-9-17-29-21-12-4-2-5-13-21)26-20-14-16-27(18-20)22(28)19-10-6-7-11-19;/h19-21H,2-18H2,1H3,(H2,24,25,26);1H. The molecule has 1 aliphatic heterocycles. The average molecular weight is 535 g/mol. The Labute approximate surface area is 200 Å². The van der Waals surface area contributed by atoms with Crippen LogP contribution in [0.5, 0.6) is 0 Å². The highest BCUT2D eigenvalue weighted by Crippen LogP contribution is 2.27. The van der Waals surface area contributed by atoms with Gasteiger partial charge in [0, 0.05) is 45.2 Å². The number of halogens is 1. The molecule has 1 amide bonds. The maximum Gasteiger partial charge on any atom is 0.225 e. The number of guanidine groups is 1. The quantitative estimate of drug-likeness (QED) is 0.203. The van der Waals surface area contributed by atoms with Crippen molar-refractivity contribution in [2.75, 3.05) is 33.3 Å². The number of ether oxygens (including phenoxy) is 1. The van der Waals surface area contributed by atoms with E-state index in [2.05, 4.69) is 20.5 Å². The number of rotatable bonds is 9. The zero-order chi connectivity index (χ0) is 20.3. The molecule has 3 fully saturated rings. The third kappa shape index (κ3) is 8.52. The monoisotopic (exact) mass is 534 g/mol. The number of aliphatic imine (C=N–C) groups is 1. The molecule has 7 heteroatoms. The molecule has 2 N–H and O–H groups in total. The van der Waals surface area contributed by atoms with Crippen molar-refractivity contribution in [1.82, 2.24) is 15.5 Å². The zero-order valence-electron chi connectivity index (χ0n) is 18.9. The van der Waals surface area contributed by atoms with E-state index in [1.165, 1.54) is 51.4 Å². The van der Waals surface area contributed by atoms with E-state index in [-0.39, 0.29) is 29.9 Å². The smallest absolute Gasteiger partial charge is 0.225 e. The fourth-order valence-corrected chi connectivity index (χ4v) is 4.99. The van der Waals surface area contributed by atoms with Gasteiger partial charge in [-0.05, 0) is 51.4 Å². The first-order valence-electron chi connectivity index (χ1n) is 12.1. The van der Waals surface area contributed by atoms with Gasteiger partial charge in [-0.3, -0.25) is 9.79 Å². The van der Waals surface area contributed by atoms with E-state index < -0.39 is 0 Å². The van der Waals surface area contributed by atoms with Gasteiger partial charge in [0.25, 0.3) is 0 Å². The Balaban J connectivity index is 0.00000320. The Morgan fingerprint density at radius 1 is 1.00 bits per heavy atom. The lowest BCUT2D eigenvalue weighted by Crippen LogP contribution is -2.45. The number of carbonyl (C=O) groups is 1. The first-order chi connectivity index (χ1) is 14.3. The van der Waals surface area contributed by atoms with Crippen molar-refractivity contribution in [3.8, 4) is 0 Å². The predicted octanol–water partition coefficient (Wildman–Crippen LogP) is 4.08. The minimum Gasteiger partial charge on any atom is -0.378 e. The van der Waals surface area contributed by atoms with Crippen LogP contribution in [0.3, 0.4) is 0 Å². The Bertz CT molecular complexity index is 519. The first kappa shape index (κ1) is 25.7. The van der Waals surface area contributed by atoms with Crippen molar-refractivity contribution in [3.63, 3.8) is 0 Å². The van der Waals surface area contributed by atoms with Gasteiger partial charge in [0.1, 0.15) is 0 Å². The molecule has 2 saturated carbocycles. The van der Waals surface area contributed by atoms with Crippen LogP contribution in [0, 0.1) is 5.92 Å². The molecule has 3 aliphatic rings.